The van der Waals surface area contributed by atoms with E-state index in [2.05, 4.69) is 15.5 Å². The summed E-state index contributed by atoms with van der Waals surface area (Å²) in [5.41, 5.74) is 0.892. The monoisotopic (exact) mass is 400 g/mol. The van der Waals surface area contributed by atoms with E-state index in [4.69, 9.17) is 9.26 Å². The van der Waals surface area contributed by atoms with Crippen LogP contribution >= 0.6 is 0 Å². The Hall–Kier alpha value is -2.90. The fourth-order valence-electron chi connectivity index (χ4n) is 3.46. The Morgan fingerprint density at radius 1 is 1.31 bits per heavy atom. The molecule has 8 nitrogen and oxygen atoms in total. The first kappa shape index (κ1) is 20.8. The molecule has 2 heterocycles. The van der Waals surface area contributed by atoms with Gasteiger partial charge in [0.2, 0.25) is 11.8 Å². The van der Waals surface area contributed by atoms with Gasteiger partial charge in [-0.25, -0.2) is 4.79 Å². The number of likely N-dealkylation sites (tertiary alicyclic amines) is 1. The number of ether oxygens (including phenoxy) is 1. The molecular formula is C21H28N4O4. The van der Waals surface area contributed by atoms with E-state index in [0.29, 0.717) is 24.8 Å². The Morgan fingerprint density at radius 2 is 2.07 bits per heavy atom. The van der Waals surface area contributed by atoms with E-state index in [0.717, 1.165) is 18.4 Å². The first-order chi connectivity index (χ1) is 13.9. The highest BCUT2D eigenvalue weighted by molar-refractivity contribution is 5.86. The third-order valence-corrected chi connectivity index (χ3v) is 5.04. The Kier molecular flexibility index (Phi) is 6.85. The molecule has 0 radical (unpaired) electrons. The number of piperidine rings is 1. The zero-order valence-corrected chi connectivity index (χ0v) is 17.1. The van der Waals surface area contributed by atoms with Gasteiger partial charge in [0, 0.05) is 13.1 Å². The lowest BCUT2D eigenvalue weighted by atomic mass is 9.95. The highest BCUT2D eigenvalue weighted by Crippen LogP contribution is 2.26. The van der Waals surface area contributed by atoms with Gasteiger partial charge in [-0.2, -0.15) is 4.98 Å². The molecule has 2 atom stereocenters. The number of alkyl carbamates (subject to hydrolysis) is 1. The fraction of sp³-hybridized carbons (Fsp3) is 0.524. The number of aromatic nitrogens is 2. The van der Waals surface area contributed by atoms with Crippen LogP contribution in [0.1, 0.15) is 49.9 Å². The number of hydrogen-bond acceptors (Lipinski definition) is 6. The summed E-state index contributed by atoms with van der Waals surface area (Å²) in [7, 11) is 0. The molecule has 1 fully saturated rings. The van der Waals surface area contributed by atoms with Crippen molar-refractivity contribution >= 4 is 12.0 Å². The quantitative estimate of drug-likeness (QED) is 0.800. The number of amides is 2. The molecule has 0 saturated carbocycles. The molecule has 8 heteroatoms. The van der Waals surface area contributed by atoms with Crippen LogP contribution in [0.5, 0.6) is 0 Å². The fourth-order valence-corrected chi connectivity index (χ4v) is 3.46. The van der Waals surface area contributed by atoms with E-state index in [1.807, 2.05) is 44.2 Å². The summed E-state index contributed by atoms with van der Waals surface area (Å²) in [4.78, 5) is 31.5. The summed E-state index contributed by atoms with van der Waals surface area (Å²) >= 11 is 0. The third kappa shape index (κ3) is 5.56. The van der Waals surface area contributed by atoms with Gasteiger partial charge in [-0.05, 0) is 31.2 Å². The van der Waals surface area contributed by atoms with Crippen molar-refractivity contribution in [1.82, 2.24) is 20.4 Å². The van der Waals surface area contributed by atoms with Gasteiger partial charge < -0.3 is 19.5 Å². The first-order valence-corrected chi connectivity index (χ1v) is 10.00. The van der Waals surface area contributed by atoms with Crippen LogP contribution in [0.25, 0.3) is 0 Å². The van der Waals surface area contributed by atoms with Crippen LogP contribution in [0.3, 0.4) is 0 Å². The van der Waals surface area contributed by atoms with Crippen molar-refractivity contribution in [2.45, 2.75) is 52.2 Å². The summed E-state index contributed by atoms with van der Waals surface area (Å²) in [5.74, 6) is 0.991. The number of benzene rings is 1. The Balaban J connectivity index is 1.58. The Bertz CT molecular complexity index is 821. The minimum Gasteiger partial charge on any atom is -0.445 e. The highest BCUT2D eigenvalue weighted by Gasteiger charge is 2.34. The molecule has 0 bridgehead atoms. The molecule has 2 aromatic rings. The van der Waals surface area contributed by atoms with Gasteiger partial charge in [0.1, 0.15) is 12.6 Å². The first-order valence-electron chi connectivity index (χ1n) is 10.00. The van der Waals surface area contributed by atoms with Crippen molar-refractivity contribution < 1.29 is 18.8 Å². The third-order valence-electron chi connectivity index (χ3n) is 5.04. The van der Waals surface area contributed by atoms with Gasteiger partial charge in [-0.1, -0.05) is 49.3 Å². The molecule has 1 unspecified atom stereocenters. The minimum atomic E-state index is -0.651. The van der Waals surface area contributed by atoms with Crippen molar-refractivity contribution in [1.29, 1.82) is 0 Å². The normalized spacial score (nSPS) is 17.8. The second kappa shape index (κ2) is 9.54. The summed E-state index contributed by atoms with van der Waals surface area (Å²) in [6.07, 6.45) is 1.15. The van der Waals surface area contributed by atoms with Crippen LogP contribution in [0.15, 0.2) is 34.9 Å². The summed E-state index contributed by atoms with van der Waals surface area (Å²) in [6.45, 7) is 6.90. The standard InChI is InChI=1S/C21H28N4O4/c1-14(2)18(23-21(27)28-13-16-8-5-4-6-9-16)20(26)25-11-7-10-17(12-25)19-22-15(3)24-29-19/h4-6,8-9,14,17-18H,7,10-13H2,1-3H3,(H,23,27)/t17?,18-/m0/s1. The molecule has 1 aliphatic heterocycles. The predicted octanol–water partition coefficient (Wildman–Crippen LogP) is 3.04. The van der Waals surface area contributed by atoms with Crippen molar-refractivity contribution in [2.75, 3.05) is 13.1 Å². The topological polar surface area (TPSA) is 97.6 Å². The van der Waals surface area contributed by atoms with Crippen molar-refractivity contribution in [3.8, 4) is 0 Å². The lowest BCUT2D eigenvalue weighted by Crippen LogP contribution is -2.53. The zero-order valence-electron chi connectivity index (χ0n) is 17.1. The molecular weight excluding hydrogens is 372 g/mol. The van der Waals surface area contributed by atoms with Crippen LogP contribution in [-0.2, 0) is 16.1 Å². The van der Waals surface area contributed by atoms with Gasteiger partial charge in [0.25, 0.3) is 0 Å². The van der Waals surface area contributed by atoms with Crippen LogP contribution in [0, 0.1) is 12.8 Å². The lowest BCUT2D eigenvalue weighted by molar-refractivity contribution is -0.135. The summed E-state index contributed by atoms with van der Waals surface area (Å²) in [6, 6.07) is 8.78. The maximum Gasteiger partial charge on any atom is 0.408 e. The molecule has 0 aliphatic carbocycles. The van der Waals surface area contributed by atoms with Crippen LogP contribution in [0.4, 0.5) is 4.79 Å². The number of carbonyl (C=O) groups is 2. The summed E-state index contributed by atoms with van der Waals surface area (Å²) < 4.78 is 10.6. The number of nitrogens with zero attached hydrogens (tertiary/aromatic N) is 3. The Morgan fingerprint density at radius 3 is 2.72 bits per heavy atom. The van der Waals surface area contributed by atoms with Crippen LogP contribution in [-0.4, -0.2) is 46.2 Å². The Labute approximate surface area is 170 Å². The lowest BCUT2D eigenvalue weighted by Gasteiger charge is -2.34. The van der Waals surface area contributed by atoms with E-state index in [9.17, 15) is 9.59 Å². The maximum absolute atomic E-state index is 13.1. The predicted molar refractivity (Wildman–Crippen MR) is 106 cm³/mol. The molecule has 1 aromatic carbocycles. The average molecular weight is 400 g/mol. The van der Waals surface area contributed by atoms with Gasteiger partial charge in [-0.15, -0.1) is 0 Å². The van der Waals surface area contributed by atoms with Crippen LogP contribution in [0.2, 0.25) is 0 Å². The largest absolute Gasteiger partial charge is 0.445 e. The number of nitrogens with one attached hydrogen (secondary N) is 1. The molecule has 156 valence electrons. The smallest absolute Gasteiger partial charge is 0.408 e. The van der Waals surface area contributed by atoms with E-state index in [1.54, 1.807) is 11.8 Å². The van der Waals surface area contributed by atoms with Crippen molar-refractivity contribution in [2.24, 2.45) is 5.92 Å². The molecule has 0 spiro atoms. The van der Waals surface area contributed by atoms with Crippen molar-refractivity contribution in [3.63, 3.8) is 0 Å². The highest BCUT2D eigenvalue weighted by atomic mass is 16.5. The number of hydrogen-bond donors (Lipinski definition) is 1. The average Bonchev–Trinajstić information content (AvgIpc) is 3.17. The zero-order chi connectivity index (χ0) is 20.8. The summed E-state index contributed by atoms with van der Waals surface area (Å²) in [5, 5.41) is 6.59. The molecule has 3 rings (SSSR count). The minimum absolute atomic E-state index is 0.0201. The van der Waals surface area contributed by atoms with E-state index >= 15 is 0 Å². The number of carbonyl (C=O) groups excluding carboxylic acids is 2. The van der Waals surface area contributed by atoms with E-state index in [1.165, 1.54) is 0 Å². The maximum atomic E-state index is 13.1. The second-order valence-corrected chi connectivity index (χ2v) is 7.73. The van der Waals surface area contributed by atoms with Gasteiger partial charge >= 0.3 is 6.09 Å². The molecule has 2 amide bonds. The molecule has 1 aromatic heterocycles. The number of rotatable bonds is 6. The van der Waals surface area contributed by atoms with Gasteiger partial charge in [-0.3, -0.25) is 4.79 Å². The molecule has 29 heavy (non-hydrogen) atoms. The second-order valence-electron chi connectivity index (χ2n) is 7.73. The molecule has 1 saturated heterocycles. The van der Waals surface area contributed by atoms with E-state index < -0.39 is 12.1 Å². The van der Waals surface area contributed by atoms with Crippen molar-refractivity contribution in [3.05, 3.63) is 47.6 Å². The van der Waals surface area contributed by atoms with Gasteiger partial charge in [0.15, 0.2) is 5.82 Å². The SMILES string of the molecule is Cc1noc(C2CCCN(C(=O)[C@@H](NC(=O)OCc3ccccc3)C(C)C)C2)n1. The van der Waals surface area contributed by atoms with Gasteiger partial charge in [0.05, 0.1) is 5.92 Å². The molecule has 1 aliphatic rings. The molecule has 1 N–H and O–H groups in total. The van der Waals surface area contributed by atoms with E-state index in [-0.39, 0.29) is 24.3 Å². The number of aryl methyl sites for hydroxylation is 1. The van der Waals surface area contributed by atoms with Crippen LogP contribution < -0.4 is 5.32 Å².